The predicted molar refractivity (Wildman–Crippen MR) is 96.9 cm³/mol. The molecule has 3 rings (SSSR count). The minimum atomic E-state index is -0.236. The number of rotatable bonds is 5. The SMILES string of the molecule is CN(Cc1cc(=O)[nH]c(N)n1)[C@H]1CCN(C(=O)CC2=CCCCC2)C1. The summed E-state index contributed by atoms with van der Waals surface area (Å²) in [6.45, 7) is 2.08. The number of likely N-dealkylation sites (N-methyl/N-ethyl adjacent to an activating group) is 1. The van der Waals surface area contributed by atoms with Gasteiger partial charge in [-0.2, -0.15) is 0 Å². The summed E-state index contributed by atoms with van der Waals surface area (Å²) in [6, 6.07) is 1.76. The van der Waals surface area contributed by atoms with Crippen LogP contribution in [-0.2, 0) is 11.3 Å². The number of amides is 1. The van der Waals surface area contributed by atoms with Gasteiger partial charge in [0.05, 0.1) is 5.69 Å². The summed E-state index contributed by atoms with van der Waals surface area (Å²) in [5.74, 6) is 0.377. The molecule has 0 saturated carbocycles. The van der Waals surface area contributed by atoms with E-state index in [0.717, 1.165) is 32.4 Å². The Morgan fingerprint density at radius 3 is 3.04 bits per heavy atom. The number of likely N-dealkylation sites (tertiary alicyclic amines) is 1. The maximum atomic E-state index is 12.5. The molecule has 0 spiro atoms. The topological polar surface area (TPSA) is 95.3 Å². The molecule has 1 amide bonds. The number of H-pyrrole nitrogens is 1. The van der Waals surface area contributed by atoms with Crippen LogP contribution in [0.3, 0.4) is 0 Å². The van der Waals surface area contributed by atoms with Crippen LogP contribution in [0.2, 0.25) is 0 Å². The Morgan fingerprint density at radius 1 is 1.48 bits per heavy atom. The summed E-state index contributed by atoms with van der Waals surface area (Å²) in [5, 5.41) is 0. The first-order valence-electron chi connectivity index (χ1n) is 9.03. The van der Waals surface area contributed by atoms with Crippen LogP contribution in [0.25, 0.3) is 0 Å². The van der Waals surface area contributed by atoms with Gasteiger partial charge in [-0.1, -0.05) is 11.6 Å². The minimum absolute atomic E-state index is 0.139. The quantitative estimate of drug-likeness (QED) is 0.784. The Bertz CT molecular complexity index is 712. The number of anilines is 1. The van der Waals surface area contributed by atoms with Crippen molar-refractivity contribution in [2.24, 2.45) is 0 Å². The fourth-order valence-corrected chi connectivity index (χ4v) is 3.69. The normalized spacial score (nSPS) is 20.8. The third-order valence-corrected chi connectivity index (χ3v) is 5.13. The molecular weight excluding hydrogens is 318 g/mol. The molecule has 0 radical (unpaired) electrons. The lowest BCUT2D eigenvalue weighted by Crippen LogP contribution is -2.36. The number of nitrogens with two attached hydrogens (primary N) is 1. The van der Waals surface area contributed by atoms with Crippen LogP contribution in [0.5, 0.6) is 0 Å². The Labute approximate surface area is 147 Å². The van der Waals surface area contributed by atoms with Gasteiger partial charge in [-0.05, 0) is 39.2 Å². The van der Waals surface area contributed by atoms with Crippen molar-refractivity contribution in [1.29, 1.82) is 0 Å². The lowest BCUT2D eigenvalue weighted by Gasteiger charge is -2.24. The van der Waals surface area contributed by atoms with Gasteiger partial charge in [0.2, 0.25) is 11.9 Å². The van der Waals surface area contributed by atoms with Crippen molar-refractivity contribution in [3.63, 3.8) is 0 Å². The molecule has 7 nitrogen and oxygen atoms in total. The molecule has 1 aliphatic carbocycles. The Kier molecular flexibility index (Phi) is 5.53. The second-order valence-corrected chi connectivity index (χ2v) is 7.10. The van der Waals surface area contributed by atoms with Gasteiger partial charge in [-0.3, -0.25) is 19.5 Å². The van der Waals surface area contributed by atoms with E-state index in [-0.39, 0.29) is 23.5 Å². The van der Waals surface area contributed by atoms with Gasteiger partial charge in [0, 0.05) is 38.2 Å². The zero-order valence-electron chi connectivity index (χ0n) is 14.8. The van der Waals surface area contributed by atoms with E-state index in [2.05, 4.69) is 20.9 Å². The summed E-state index contributed by atoms with van der Waals surface area (Å²) in [6.07, 6.45) is 8.39. The largest absolute Gasteiger partial charge is 0.369 e. The third-order valence-electron chi connectivity index (χ3n) is 5.13. The van der Waals surface area contributed by atoms with Crippen molar-refractivity contribution >= 4 is 11.9 Å². The number of aromatic amines is 1. The van der Waals surface area contributed by atoms with Gasteiger partial charge in [0.15, 0.2) is 0 Å². The van der Waals surface area contributed by atoms with Crippen molar-refractivity contribution in [3.8, 4) is 0 Å². The van der Waals surface area contributed by atoms with Crippen LogP contribution < -0.4 is 11.3 Å². The molecule has 1 aliphatic heterocycles. The highest BCUT2D eigenvalue weighted by Crippen LogP contribution is 2.23. The van der Waals surface area contributed by atoms with Crippen LogP contribution in [0, 0.1) is 0 Å². The van der Waals surface area contributed by atoms with Crippen molar-refractivity contribution in [3.05, 3.63) is 33.8 Å². The van der Waals surface area contributed by atoms with Gasteiger partial charge in [-0.25, -0.2) is 4.98 Å². The average Bonchev–Trinajstić information content (AvgIpc) is 3.05. The molecule has 3 N–H and O–H groups in total. The number of nitrogen functional groups attached to an aromatic ring is 1. The molecule has 25 heavy (non-hydrogen) atoms. The lowest BCUT2D eigenvalue weighted by molar-refractivity contribution is -0.129. The number of aromatic nitrogens is 2. The Balaban J connectivity index is 1.53. The fourth-order valence-electron chi connectivity index (χ4n) is 3.69. The molecule has 1 aromatic heterocycles. The van der Waals surface area contributed by atoms with Crippen LogP contribution in [0.4, 0.5) is 5.95 Å². The van der Waals surface area contributed by atoms with Gasteiger partial charge in [-0.15, -0.1) is 0 Å². The van der Waals surface area contributed by atoms with E-state index in [1.165, 1.54) is 24.5 Å². The van der Waals surface area contributed by atoms with E-state index in [1.54, 1.807) is 0 Å². The van der Waals surface area contributed by atoms with Crippen LogP contribution >= 0.6 is 0 Å². The number of carbonyl (C=O) groups excluding carboxylic acids is 1. The van der Waals surface area contributed by atoms with Crippen LogP contribution in [0.15, 0.2) is 22.5 Å². The summed E-state index contributed by atoms with van der Waals surface area (Å²) < 4.78 is 0. The van der Waals surface area contributed by atoms with E-state index in [9.17, 15) is 9.59 Å². The summed E-state index contributed by atoms with van der Waals surface area (Å²) >= 11 is 0. The second-order valence-electron chi connectivity index (χ2n) is 7.10. The smallest absolute Gasteiger partial charge is 0.252 e. The number of hydrogen-bond acceptors (Lipinski definition) is 5. The number of carbonyl (C=O) groups is 1. The molecule has 2 heterocycles. The molecule has 1 aromatic rings. The van der Waals surface area contributed by atoms with Crippen molar-refractivity contribution < 1.29 is 4.79 Å². The molecule has 136 valence electrons. The number of nitrogens with one attached hydrogen (secondary N) is 1. The summed E-state index contributed by atoms with van der Waals surface area (Å²) in [5.41, 5.74) is 7.32. The third kappa shape index (κ3) is 4.69. The highest BCUT2D eigenvalue weighted by atomic mass is 16.2. The average molecular weight is 345 g/mol. The zero-order valence-corrected chi connectivity index (χ0v) is 14.8. The maximum Gasteiger partial charge on any atom is 0.252 e. The fraction of sp³-hybridized carbons (Fsp3) is 0.611. The first-order valence-corrected chi connectivity index (χ1v) is 9.03. The molecule has 2 aliphatic rings. The second kappa shape index (κ2) is 7.82. The van der Waals surface area contributed by atoms with Crippen molar-refractivity contribution in [1.82, 2.24) is 19.8 Å². The predicted octanol–water partition coefficient (Wildman–Crippen LogP) is 1.28. The van der Waals surface area contributed by atoms with E-state index in [4.69, 9.17) is 5.73 Å². The number of allylic oxidation sites excluding steroid dienone is 1. The minimum Gasteiger partial charge on any atom is -0.369 e. The summed E-state index contributed by atoms with van der Waals surface area (Å²) in [4.78, 5) is 34.7. The molecule has 1 atom stereocenters. The van der Waals surface area contributed by atoms with Crippen molar-refractivity contribution in [2.75, 3.05) is 25.9 Å². The van der Waals surface area contributed by atoms with Crippen LogP contribution in [0.1, 0.15) is 44.2 Å². The molecule has 0 unspecified atom stereocenters. The van der Waals surface area contributed by atoms with Crippen molar-refractivity contribution in [2.45, 2.75) is 51.1 Å². The molecule has 0 bridgehead atoms. The van der Waals surface area contributed by atoms with Crippen LogP contribution in [-0.4, -0.2) is 51.9 Å². The van der Waals surface area contributed by atoms with E-state index in [0.29, 0.717) is 18.7 Å². The number of hydrogen-bond donors (Lipinski definition) is 2. The molecule has 1 saturated heterocycles. The first kappa shape index (κ1) is 17.7. The maximum absolute atomic E-state index is 12.5. The Hall–Kier alpha value is -2.15. The van der Waals surface area contributed by atoms with Gasteiger partial charge in [0.1, 0.15) is 0 Å². The number of nitrogens with zero attached hydrogens (tertiary/aromatic N) is 3. The summed E-state index contributed by atoms with van der Waals surface area (Å²) in [7, 11) is 2.00. The zero-order chi connectivity index (χ0) is 17.8. The first-order chi connectivity index (χ1) is 12.0. The molecular formula is C18H27N5O2. The van der Waals surface area contributed by atoms with Gasteiger partial charge >= 0.3 is 0 Å². The lowest BCUT2D eigenvalue weighted by atomic mass is 9.97. The van der Waals surface area contributed by atoms with E-state index in [1.807, 2.05) is 11.9 Å². The van der Waals surface area contributed by atoms with Gasteiger partial charge < -0.3 is 10.6 Å². The van der Waals surface area contributed by atoms with E-state index < -0.39 is 0 Å². The highest BCUT2D eigenvalue weighted by molar-refractivity contribution is 5.79. The molecule has 7 heteroatoms. The highest BCUT2D eigenvalue weighted by Gasteiger charge is 2.29. The molecule has 0 aromatic carbocycles. The van der Waals surface area contributed by atoms with E-state index >= 15 is 0 Å². The Morgan fingerprint density at radius 2 is 2.32 bits per heavy atom. The van der Waals surface area contributed by atoms with Gasteiger partial charge in [0.25, 0.3) is 5.56 Å². The standard InChI is InChI=1S/C18H27N5O2/c1-22(11-14-10-16(24)21-18(19)20-14)15-7-8-23(12-15)17(25)9-13-5-3-2-4-6-13/h5,10,15H,2-4,6-9,11-12H2,1H3,(H3,19,20,21,24)/t15-/m0/s1. The molecule has 1 fully saturated rings. The monoisotopic (exact) mass is 345 g/mol.